The zero-order valence-electron chi connectivity index (χ0n) is 18.7. The summed E-state index contributed by atoms with van der Waals surface area (Å²) in [5.41, 5.74) is 1.04. The first-order valence-corrected chi connectivity index (χ1v) is 12.2. The van der Waals surface area contributed by atoms with Crippen LogP contribution in [0.4, 0.5) is 0 Å². The molecule has 0 saturated carbocycles. The third-order valence-corrected chi connectivity index (χ3v) is 5.98. The first-order chi connectivity index (χ1) is 13.6. The quantitative estimate of drug-likeness (QED) is 0.246. The number of rotatable bonds is 18. The van der Waals surface area contributed by atoms with Crippen molar-refractivity contribution in [1.82, 2.24) is 0 Å². The Labute approximate surface area is 174 Å². The van der Waals surface area contributed by atoms with E-state index in [1.807, 2.05) is 0 Å². The molecule has 0 saturated heterocycles. The maximum Gasteiger partial charge on any atom is 0.119 e. The summed E-state index contributed by atoms with van der Waals surface area (Å²) in [6.07, 6.45) is 23.5. The monoisotopic (exact) mass is 390 g/mol. The number of phenolic OH excluding ortho intramolecular Hbond substituents is 2. The summed E-state index contributed by atoms with van der Waals surface area (Å²) in [6, 6.07) is 4.94. The molecule has 2 N–H and O–H groups in total. The molecular weight excluding hydrogens is 344 g/mol. The van der Waals surface area contributed by atoms with Gasteiger partial charge in [-0.2, -0.15) is 0 Å². The summed E-state index contributed by atoms with van der Waals surface area (Å²) in [6.45, 7) is 4.46. The highest BCUT2D eigenvalue weighted by Crippen LogP contribution is 2.29. The standard InChI is InChI=1S/C26H46O2/c1-3-4-5-6-7-8-9-10-11-12-13-14-15-16-17-18-19-23(2)24-20-25(27)22-26(28)21-24/h20-23,27-28H,3-19H2,1-2H3. The molecule has 0 aliphatic carbocycles. The van der Waals surface area contributed by atoms with E-state index in [9.17, 15) is 10.2 Å². The van der Waals surface area contributed by atoms with Gasteiger partial charge in [0.05, 0.1) is 0 Å². The van der Waals surface area contributed by atoms with Crippen LogP contribution in [-0.4, -0.2) is 10.2 Å². The molecule has 1 aromatic rings. The van der Waals surface area contributed by atoms with E-state index in [1.165, 1.54) is 109 Å². The zero-order valence-corrected chi connectivity index (χ0v) is 18.7. The average molecular weight is 391 g/mol. The van der Waals surface area contributed by atoms with E-state index in [1.54, 1.807) is 12.1 Å². The van der Waals surface area contributed by atoms with Gasteiger partial charge in [-0.25, -0.2) is 0 Å². The lowest BCUT2D eigenvalue weighted by molar-refractivity contribution is 0.447. The smallest absolute Gasteiger partial charge is 0.119 e. The Morgan fingerprint density at radius 1 is 0.571 bits per heavy atom. The lowest BCUT2D eigenvalue weighted by atomic mass is 9.94. The molecule has 1 rings (SSSR count). The Morgan fingerprint density at radius 3 is 1.32 bits per heavy atom. The van der Waals surface area contributed by atoms with Crippen molar-refractivity contribution in [3.05, 3.63) is 23.8 Å². The number of hydrogen-bond donors (Lipinski definition) is 2. The van der Waals surface area contributed by atoms with Crippen molar-refractivity contribution in [3.8, 4) is 11.5 Å². The molecule has 1 atom stereocenters. The minimum atomic E-state index is 0.161. The third kappa shape index (κ3) is 13.1. The number of hydrogen-bond acceptors (Lipinski definition) is 2. The van der Waals surface area contributed by atoms with Crippen molar-refractivity contribution in [1.29, 1.82) is 0 Å². The molecule has 0 aliphatic rings. The molecule has 0 fully saturated rings. The molecule has 0 amide bonds. The van der Waals surface area contributed by atoms with Gasteiger partial charge >= 0.3 is 0 Å². The molecule has 0 bridgehead atoms. The molecule has 0 aliphatic heterocycles. The summed E-state index contributed by atoms with van der Waals surface area (Å²) in [5, 5.41) is 19.2. The Balaban J connectivity index is 1.85. The van der Waals surface area contributed by atoms with Crippen LogP contribution in [0.5, 0.6) is 11.5 Å². The second-order valence-electron chi connectivity index (χ2n) is 8.78. The predicted octanol–water partition coefficient (Wildman–Crippen LogP) is 8.85. The van der Waals surface area contributed by atoms with E-state index in [2.05, 4.69) is 13.8 Å². The molecule has 1 aromatic carbocycles. The van der Waals surface area contributed by atoms with E-state index >= 15 is 0 Å². The van der Waals surface area contributed by atoms with E-state index in [-0.39, 0.29) is 11.5 Å². The summed E-state index contributed by atoms with van der Waals surface area (Å²) < 4.78 is 0. The number of benzene rings is 1. The zero-order chi connectivity index (χ0) is 20.5. The fourth-order valence-corrected chi connectivity index (χ4v) is 4.07. The van der Waals surface area contributed by atoms with E-state index in [0.717, 1.165) is 12.0 Å². The van der Waals surface area contributed by atoms with Crippen molar-refractivity contribution in [3.63, 3.8) is 0 Å². The van der Waals surface area contributed by atoms with Gasteiger partial charge in [0.2, 0.25) is 0 Å². The fraction of sp³-hybridized carbons (Fsp3) is 0.769. The first kappa shape index (κ1) is 24.9. The third-order valence-electron chi connectivity index (χ3n) is 5.98. The molecule has 0 aromatic heterocycles. The summed E-state index contributed by atoms with van der Waals surface area (Å²) in [7, 11) is 0. The molecule has 0 radical (unpaired) electrons. The summed E-state index contributed by atoms with van der Waals surface area (Å²) in [4.78, 5) is 0. The lowest BCUT2D eigenvalue weighted by Crippen LogP contribution is -1.94. The first-order valence-electron chi connectivity index (χ1n) is 12.2. The normalized spacial score (nSPS) is 12.4. The molecule has 2 heteroatoms. The molecule has 28 heavy (non-hydrogen) atoms. The van der Waals surface area contributed by atoms with Crippen LogP contribution in [-0.2, 0) is 0 Å². The SMILES string of the molecule is CCCCCCCCCCCCCCCCCCC(C)c1cc(O)cc(O)c1. The van der Waals surface area contributed by atoms with Gasteiger partial charge in [0.1, 0.15) is 11.5 Å². The van der Waals surface area contributed by atoms with Crippen molar-refractivity contribution in [2.45, 2.75) is 129 Å². The van der Waals surface area contributed by atoms with Crippen molar-refractivity contribution in [2.75, 3.05) is 0 Å². The van der Waals surface area contributed by atoms with Crippen LogP contribution >= 0.6 is 0 Å². The van der Waals surface area contributed by atoms with Crippen LogP contribution in [0.15, 0.2) is 18.2 Å². The topological polar surface area (TPSA) is 40.5 Å². The molecule has 162 valence electrons. The van der Waals surface area contributed by atoms with Gasteiger partial charge in [-0.05, 0) is 30.0 Å². The number of unbranched alkanes of at least 4 members (excludes halogenated alkanes) is 15. The van der Waals surface area contributed by atoms with Gasteiger partial charge < -0.3 is 10.2 Å². The van der Waals surface area contributed by atoms with Crippen molar-refractivity contribution in [2.24, 2.45) is 0 Å². The van der Waals surface area contributed by atoms with E-state index in [4.69, 9.17) is 0 Å². The molecule has 2 nitrogen and oxygen atoms in total. The maximum atomic E-state index is 9.60. The van der Waals surface area contributed by atoms with Crippen LogP contribution in [0.25, 0.3) is 0 Å². The van der Waals surface area contributed by atoms with Crippen molar-refractivity contribution < 1.29 is 10.2 Å². The molecule has 1 unspecified atom stereocenters. The van der Waals surface area contributed by atoms with Gasteiger partial charge in [0, 0.05) is 6.07 Å². The van der Waals surface area contributed by atoms with Crippen LogP contribution in [0.2, 0.25) is 0 Å². The van der Waals surface area contributed by atoms with Crippen LogP contribution in [0, 0.1) is 0 Å². The fourth-order valence-electron chi connectivity index (χ4n) is 4.07. The van der Waals surface area contributed by atoms with Crippen molar-refractivity contribution >= 4 is 0 Å². The highest BCUT2D eigenvalue weighted by molar-refractivity contribution is 5.38. The van der Waals surface area contributed by atoms with Crippen LogP contribution in [0.1, 0.15) is 134 Å². The molecule has 0 heterocycles. The Kier molecular flexibility index (Phi) is 14.9. The van der Waals surface area contributed by atoms with Gasteiger partial charge in [-0.1, -0.05) is 117 Å². The highest BCUT2D eigenvalue weighted by Gasteiger charge is 2.08. The van der Waals surface area contributed by atoms with Gasteiger partial charge in [0.25, 0.3) is 0 Å². The largest absolute Gasteiger partial charge is 0.508 e. The minimum absolute atomic E-state index is 0.161. The minimum Gasteiger partial charge on any atom is -0.508 e. The number of aromatic hydroxyl groups is 2. The van der Waals surface area contributed by atoms with Gasteiger partial charge in [-0.3, -0.25) is 0 Å². The molecular formula is C26H46O2. The van der Waals surface area contributed by atoms with E-state index in [0.29, 0.717) is 5.92 Å². The predicted molar refractivity (Wildman–Crippen MR) is 122 cm³/mol. The summed E-state index contributed by atoms with van der Waals surface area (Å²) >= 11 is 0. The Morgan fingerprint density at radius 2 is 0.929 bits per heavy atom. The Hall–Kier alpha value is -1.18. The Bertz CT molecular complexity index is 463. The second-order valence-corrected chi connectivity index (χ2v) is 8.78. The van der Waals surface area contributed by atoms with Gasteiger partial charge in [-0.15, -0.1) is 0 Å². The maximum absolute atomic E-state index is 9.60. The highest BCUT2D eigenvalue weighted by atomic mass is 16.3. The van der Waals surface area contributed by atoms with Crippen LogP contribution in [0.3, 0.4) is 0 Å². The number of phenols is 2. The average Bonchev–Trinajstić information content (AvgIpc) is 2.66. The summed E-state index contributed by atoms with van der Waals surface area (Å²) in [5.74, 6) is 0.715. The van der Waals surface area contributed by atoms with Crippen LogP contribution < -0.4 is 0 Å². The molecule has 0 spiro atoms. The second kappa shape index (κ2) is 16.7. The lowest BCUT2D eigenvalue weighted by Gasteiger charge is -2.12. The van der Waals surface area contributed by atoms with E-state index < -0.39 is 0 Å². The van der Waals surface area contributed by atoms with Gasteiger partial charge in [0.15, 0.2) is 0 Å².